The van der Waals surface area contributed by atoms with Crippen molar-refractivity contribution in [3.05, 3.63) is 235 Å². The van der Waals surface area contributed by atoms with E-state index >= 15 is 0 Å². The van der Waals surface area contributed by atoms with Gasteiger partial charge in [0, 0.05) is 27.6 Å². The van der Waals surface area contributed by atoms with Crippen LogP contribution in [0.4, 0.5) is 17.1 Å². The van der Waals surface area contributed by atoms with E-state index in [-0.39, 0.29) is 10.8 Å². The zero-order chi connectivity index (χ0) is 42.5. The van der Waals surface area contributed by atoms with Crippen LogP contribution in [0.1, 0.15) is 49.9 Å². The molecule has 0 heterocycles. The zero-order valence-corrected chi connectivity index (χ0v) is 36.2. The summed E-state index contributed by atoms with van der Waals surface area (Å²) in [6.45, 7) is 9.48. The number of benzene rings is 10. The molecule has 0 spiro atoms. The molecule has 0 radical (unpaired) electrons. The molecule has 0 aromatic heterocycles. The third kappa shape index (κ3) is 5.69. The fourth-order valence-corrected chi connectivity index (χ4v) is 11.2. The van der Waals surface area contributed by atoms with Gasteiger partial charge in [-0.05, 0) is 125 Å². The van der Waals surface area contributed by atoms with Crippen LogP contribution in [0, 0.1) is 0 Å². The second kappa shape index (κ2) is 14.0. The van der Waals surface area contributed by atoms with Gasteiger partial charge in [-0.3, -0.25) is 0 Å². The summed E-state index contributed by atoms with van der Waals surface area (Å²) in [6, 6.07) is 79.1. The van der Waals surface area contributed by atoms with Crippen molar-refractivity contribution in [1.29, 1.82) is 0 Å². The lowest BCUT2D eigenvalue weighted by molar-refractivity contribution is 0.660. The van der Waals surface area contributed by atoms with Crippen LogP contribution in [0.5, 0.6) is 0 Å². The highest BCUT2D eigenvalue weighted by molar-refractivity contribution is 6.09. The maximum absolute atomic E-state index is 2.49. The highest BCUT2D eigenvalue weighted by Gasteiger charge is 2.38. The van der Waals surface area contributed by atoms with Gasteiger partial charge in [-0.25, -0.2) is 0 Å². The average molecular weight is 806 g/mol. The van der Waals surface area contributed by atoms with Gasteiger partial charge in [0.25, 0.3) is 0 Å². The summed E-state index contributed by atoms with van der Waals surface area (Å²) in [5.74, 6) is 0. The Morgan fingerprint density at radius 1 is 0.302 bits per heavy atom. The Labute approximate surface area is 370 Å². The van der Waals surface area contributed by atoms with Gasteiger partial charge in [0.1, 0.15) is 0 Å². The van der Waals surface area contributed by atoms with E-state index in [0.29, 0.717) is 0 Å². The Bertz CT molecular complexity index is 3460. The summed E-state index contributed by atoms with van der Waals surface area (Å²) in [5, 5.41) is 5.05. The summed E-state index contributed by atoms with van der Waals surface area (Å²) >= 11 is 0. The molecule has 2 aliphatic carbocycles. The number of fused-ring (bicyclic) bond motifs is 9. The lowest BCUT2D eigenvalue weighted by atomic mass is 9.79. The highest BCUT2D eigenvalue weighted by Crippen LogP contribution is 2.54. The van der Waals surface area contributed by atoms with Gasteiger partial charge in [0.05, 0.1) is 11.4 Å². The molecular weight excluding hydrogens is 759 g/mol. The normalized spacial score (nSPS) is 14.0. The molecule has 63 heavy (non-hydrogen) atoms. The molecule has 0 amide bonds. The van der Waals surface area contributed by atoms with E-state index in [1.165, 1.54) is 99.4 Å². The van der Waals surface area contributed by atoms with Gasteiger partial charge in [-0.1, -0.05) is 204 Å². The molecule has 12 rings (SSSR count). The first-order chi connectivity index (χ1) is 30.8. The zero-order valence-electron chi connectivity index (χ0n) is 36.2. The number of para-hydroxylation sites is 2. The number of hydrogen-bond acceptors (Lipinski definition) is 1. The van der Waals surface area contributed by atoms with Gasteiger partial charge < -0.3 is 4.90 Å². The second-order valence-electron chi connectivity index (χ2n) is 18.5. The van der Waals surface area contributed by atoms with E-state index in [9.17, 15) is 0 Å². The van der Waals surface area contributed by atoms with Crippen molar-refractivity contribution < 1.29 is 0 Å². The number of anilines is 3. The third-order valence-corrected chi connectivity index (χ3v) is 14.3. The minimum Gasteiger partial charge on any atom is -0.309 e. The summed E-state index contributed by atoms with van der Waals surface area (Å²) in [5.41, 5.74) is 21.3. The molecule has 1 heteroatoms. The molecule has 300 valence electrons. The van der Waals surface area contributed by atoms with Gasteiger partial charge in [0.2, 0.25) is 0 Å². The SMILES string of the molecule is CC1(C)c2ccccc2-c2ccc(-c3ccccc3N(c3ccc(-c4cccc5c4C(C)(C)c4ccccc4-5)cc3)c3ccccc3-c3ccc4c(ccc5ccccc54)c3)cc21. The van der Waals surface area contributed by atoms with E-state index in [2.05, 4.69) is 245 Å². The van der Waals surface area contributed by atoms with Crippen molar-refractivity contribution in [2.24, 2.45) is 0 Å². The Kier molecular flexibility index (Phi) is 8.30. The Balaban J connectivity index is 1.04. The monoisotopic (exact) mass is 805 g/mol. The van der Waals surface area contributed by atoms with Crippen LogP contribution in [0.15, 0.2) is 212 Å². The lowest BCUT2D eigenvalue weighted by Crippen LogP contribution is -2.16. The van der Waals surface area contributed by atoms with E-state index in [4.69, 9.17) is 0 Å². The molecule has 0 bridgehead atoms. The molecule has 0 saturated heterocycles. The molecule has 10 aromatic carbocycles. The van der Waals surface area contributed by atoms with Crippen LogP contribution in [-0.2, 0) is 10.8 Å². The minimum atomic E-state index is -0.108. The van der Waals surface area contributed by atoms with Crippen molar-refractivity contribution in [3.8, 4) is 55.6 Å². The minimum absolute atomic E-state index is 0.103. The first kappa shape index (κ1) is 37.3. The van der Waals surface area contributed by atoms with Crippen molar-refractivity contribution in [2.75, 3.05) is 4.90 Å². The van der Waals surface area contributed by atoms with Crippen LogP contribution < -0.4 is 4.90 Å². The Morgan fingerprint density at radius 3 is 1.52 bits per heavy atom. The van der Waals surface area contributed by atoms with Gasteiger partial charge in [-0.15, -0.1) is 0 Å². The summed E-state index contributed by atoms with van der Waals surface area (Å²) < 4.78 is 0. The quantitative estimate of drug-likeness (QED) is 0.151. The maximum atomic E-state index is 2.49. The van der Waals surface area contributed by atoms with Crippen molar-refractivity contribution in [2.45, 2.75) is 38.5 Å². The summed E-state index contributed by atoms with van der Waals surface area (Å²) in [6.07, 6.45) is 0. The van der Waals surface area contributed by atoms with Crippen LogP contribution in [0.25, 0.3) is 77.2 Å². The number of rotatable bonds is 6. The van der Waals surface area contributed by atoms with E-state index in [0.717, 1.165) is 17.1 Å². The summed E-state index contributed by atoms with van der Waals surface area (Å²) in [7, 11) is 0. The van der Waals surface area contributed by atoms with Crippen molar-refractivity contribution >= 4 is 38.6 Å². The second-order valence-corrected chi connectivity index (χ2v) is 18.5. The molecule has 0 aliphatic heterocycles. The largest absolute Gasteiger partial charge is 0.309 e. The summed E-state index contributed by atoms with van der Waals surface area (Å²) in [4.78, 5) is 2.49. The van der Waals surface area contributed by atoms with E-state index in [1.54, 1.807) is 0 Å². The van der Waals surface area contributed by atoms with E-state index in [1.807, 2.05) is 0 Å². The van der Waals surface area contributed by atoms with Crippen LogP contribution in [-0.4, -0.2) is 0 Å². The van der Waals surface area contributed by atoms with Crippen LogP contribution in [0.2, 0.25) is 0 Å². The van der Waals surface area contributed by atoms with Gasteiger partial charge in [0.15, 0.2) is 0 Å². The third-order valence-electron chi connectivity index (χ3n) is 14.3. The standard InChI is InChI=1S/C62H47N/c1-61(2)55-24-11-7-20-51(55)53-37-33-44(39-57(53)61)49-19-10-14-27-59(49)63(58-26-13-9-18-48(58)43-32-36-47-42(38-43)29-28-40-16-5-6-17-46(40)47)45-34-30-41(31-35-45)50-22-15-23-54-52-21-8-12-25-56(52)62(3,4)60(50)54/h5-39H,1-4H3. The molecule has 0 fully saturated rings. The van der Waals surface area contributed by atoms with E-state index < -0.39 is 0 Å². The molecular formula is C62H47N. The molecule has 10 aromatic rings. The Morgan fingerprint density at radius 2 is 0.794 bits per heavy atom. The molecule has 1 nitrogen and oxygen atoms in total. The molecule has 0 N–H and O–H groups in total. The predicted molar refractivity (Wildman–Crippen MR) is 268 cm³/mol. The smallest absolute Gasteiger partial charge is 0.0540 e. The predicted octanol–water partition coefficient (Wildman–Crippen LogP) is 17.1. The molecule has 2 aliphatic rings. The van der Waals surface area contributed by atoms with Crippen molar-refractivity contribution in [1.82, 2.24) is 0 Å². The molecule has 0 saturated carbocycles. The molecule has 0 atom stereocenters. The van der Waals surface area contributed by atoms with Crippen LogP contribution in [0.3, 0.4) is 0 Å². The first-order valence-corrected chi connectivity index (χ1v) is 22.3. The molecule has 0 unspecified atom stereocenters. The first-order valence-electron chi connectivity index (χ1n) is 22.3. The lowest BCUT2D eigenvalue weighted by Gasteiger charge is -2.30. The fraction of sp³-hybridized carbons (Fsp3) is 0.0968. The van der Waals surface area contributed by atoms with Gasteiger partial charge >= 0.3 is 0 Å². The topological polar surface area (TPSA) is 3.24 Å². The maximum Gasteiger partial charge on any atom is 0.0540 e. The van der Waals surface area contributed by atoms with Gasteiger partial charge in [-0.2, -0.15) is 0 Å². The average Bonchev–Trinajstić information content (AvgIpc) is 3.71. The van der Waals surface area contributed by atoms with Crippen molar-refractivity contribution in [3.63, 3.8) is 0 Å². The highest BCUT2D eigenvalue weighted by atomic mass is 15.1. The van der Waals surface area contributed by atoms with Crippen LogP contribution >= 0.6 is 0 Å². The Hall–Kier alpha value is -7.48. The number of hydrogen-bond donors (Lipinski definition) is 0. The fourth-order valence-electron chi connectivity index (χ4n) is 11.2. The number of nitrogens with zero attached hydrogens (tertiary/aromatic N) is 1.